The lowest BCUT2D eigenvalue weighted by Gasteiger charge is -2.11. The van der Waals surface area contributed by atoms with E-state index in [9.17, 15) is 9.59 Å². The van der Waals surface area contributed by atoms with E-state index in [4.69, 9.17) is 0 Å². The van der Waals surface area contributed by atoms with Crippen LogP contribution >= 0.6 is 0 Å². The molecule has 0 aliphatic carbocycles. The van der Waals surface area contributed by atoms with Crippen LogP contribution < -0.4 is 5.32 Å². The van der Waals surface area contributed by atoms with E-state index in [1.807, 2.05) is 42.5 Å². The van der Waals surface area contributed by atoms with Crippen LogP contribution in [0.15, 0.2) is 59.8 Å². The Kier molecular flexibility index (Phi) is 4.65. The molecule has 0 radical (unpaired) electrons. The van der Waals surface area contributed by atoms with Crippen LogP contribution in [0, 0.1) is 0 Å². The first-order valence-corrected chi connectivity index (χ1v) is 8.85. The van der Waals surface area contributed by atoms with Crippen molar-refractivity contribution in [1.29, 1.82) is 0 Å². The summed E-state index contributed by atoms with van der Waals surface area (Å²) >= 11 is 0. The van der Waals surface area contributed by atoms with E-state index in [-0.39, 0.29) is 24.7 Å². The quantitative estimate of drug-likeness (QED) is 0.732. The van der Waals surface area contributed by atoms with Crippen LogP contribution in [0.1, 0.15) is 24.8 Å². The Morgan fingerprint density at radius 3 is 2.81 bits per heavy atom. The van der Waals surface area contributed by atoms with E-state index < -0.39 is 0 Å². The highest BCUT2D eigenvalue weighted by Crippen LogP contribution is 2.18. The first-order chi connectivity index (χ1) is 13.2. The molecule has 2 heterocycles. The third-order valence-corrected chi connectivity index (χ3v) is 4.49. The van der Waals surface area contributed by atoms with Crippen molar-refractivity contribution in [2.75, 3.05) is 11.9 Å². The maximum absolute atomic E-state index is 12.3. The molecule has 7 heteroatoms. The van der Waals surface area contributed by atoms with Crippen LogP contribution in [0.2, 0.25) is 0 Å². The average molecular weight is 361 g/mol. The number of amides is 2. The van der Waals surface area contributed by atoms with E-state index in [1.54, 1.807) is 12.3 Å². The topological polar surface area (TPSA) is 90.5 Å². The van der Waals surface area contributed by atoms with Gasteiger partial charge in [-0.3, -0.25) is 14.7 Å². The van der Waals surface area contributed by atoms with Gasteiger partial charge in [-0.2, -0.15) is 10.2 Å². The highest BCUT2D eigenvalue weighted by atomic mass is 16.2. The minimum Gasteiger partial charge on any atom is -0.326 e. The molecule has 2 N–H and O–H groups in total. The SMILES string of the molecule is O=C(CCC(=O)N1CCC(c2ccccc2)=N1)Nc1ccc2[nH]ncc2c1. The Hall–Kier alpha value is -3.48. The molecule has 27 heavy (non-hydrogen) atoms. The smallest absolute Gasteiger partial charge is 0.243 e. The largest absolute Gasteiger partial charge is 0.326 e. The van der Waals surface area contributed by atoms with Crippen molar-refractivity contribution < 1.29 is 9.59 Å². The lowest BCUT2D eigenvalue weighted by molar-refractivity contribution is -0.132. The lowest BCUT2D eigenvalue weighted by Crippen LogP contribution is -2.24. The third kappa shape index (κ3) is 3.87. The molecule has 1 aliphatic heterocycles. The summed E-state index contributed by atoms with van der Waals surface area (Å²) in [6.07, 6.45) is 2.68. The van der Waals surface area contributed by atoms with Crippen molar-refractivity contribution >= 4 is 34.1 Å². The Labute approximate surface area is 156 Å². The summed E-state index contributed by atoms with van der Waals surface area (Å²) in [4.78, 5) is 24.5. The van der Waals surface area contributed by atoms with E-state index in [2.05, 4.69) is 20.6 Å². The maximum atomic E-state index is 12.3. The van der Waals surface area contributed by atoms with E-state index in [1.165, 1.54) is 5.01 Å². The summed E-state index contributed by atoms with van der Waals surface area (Å²) in [7, 11) is 0. The predicted molar refractivity (Wildman–Crippen MR) is 103 cm³/mol. The normalized spacial score (nSPS) is 13.6. The first-order valence-electron chi connectivity index (χ1n) is 8.85. The second kappa shape index (κ2) is 7.41. The number of nitrogens with one attached hydrogen (secondary N) is 2. The summed E-state index contributed by atoms with van der Waals surface area (Å²) in [6.45, 7) is 0.557. The van der Waals surface area contributed by atoms with Crippen LogP contribution in [0.4, 0.5) is 5.69 Å². The van der Waals surface area contributed by atoms with E-state index in [0.29, 0.717) is 12.2 Å². The zero-order chi connectivity index (χ0) is 18.6. The molecule has 0 spiro atoms. The number of hydrazone groups is 1. The molecule has 0 unspecified atom stereocenters. The predicted octanol–water partition coefficient (Wildman–Crippen LogP) is 2.92. The number of hydrogen-bond donors (Lipinski definition) is 2. The molecule has 0 fully saturated rings. The minimum absolute atomic E-state index is 0.120. The fourth-order valence-corrected chi connectivity index (χ4v) is 3.06. The molecule has 136 valence electrons. The van der Waals surface area contributed by atoms with Crippen molar-refractivity contribution in [3.63, 3.8) is 0 Å². The maximum Gasteiger partial charge on any atom is 0.243 e. The van der Waals surface area contributed by atoms with Gasteiger partial charge >= 0.3 is 0 Å². The second-order valence-corrected chi connectivity index (χ2v) is 6.40. The number of carbonyl (C=O) groups excluding carboxylic acids is 2. The van der Waals surface area contributed by atoms with Crippen molar-refractivity contribution in [3.8, 4) is 0 Å². The number of H-pyrrole nitrogens is 1. The summed E-state index contributed by atoms with van der Waals surface area (Å²) in [5, 5.41) is 16.4. The Morgan fingerprint density at radius 2 is 1.96 bits per heavy atom. The molecule has 1 aliphatic rings. The Bertz CT molecular complexity index is 1010. The van der Waals surface area contributed by atoms with Gasteiger partial charge in [0.05, 0.1) is 24.0 Å². The molecule has 2 aromatic carbocycles. The van der Waals surface area contributed by atoms with Gasteiger partial charge < -0.3 is 5.32 Å². The van der Waals surface area contributed by atoms with Gasteiger partial charge in [-0.25, -0.2) is 5.01 Å². The zero-order valence-electron chi connectivity index (χ0n) is 14.7. The van der Waals surface area contributed by atoms with Gasteiger partial charge in [-0.1, -0.05) is 30.3 Å². The Balaban J connectivity index is 1.31. The van der Waals surface area contributed by atoms with Crippen molar-refractivity contribution in [3.05, 3.63) is 60.3 Å². The molecule has 2 amide bonds. The van der Waals surface area contributed by atoms with Gasteiger partial charge in [-0.05, 0) is 23.8 Å². The molecule has 0 atom stereocenters. The van der Waals surface area contributed by atoms with Gasteiger partial charge in [0, 0.05) is 30.3 Å². The number of rotatable bonds is 5. The van der Waals surface area contributed by atoms with E-state index >= 15 is 0 Å². The van der Waals surface area contributed by atoms with Gasteiger partial charge in [0.1, 0.15) is 0 Å². The summed E-state index contributed by atoms with van der Waals surface area (Å²) in [5.41, 5.74) is 3.53. The molecular formula is C20H19N5O2. The zero-order valence-corrected chi connectivity index (χ0v) is 14.7. The number of aromatic amines is 1. The monoisotopic (exact) mass is 361 g/mol. The third-order valence-electron chi connectivity index (χ3n) is 4.49. The van der Waals surface area contributed by atoms with Gasteiger partial charge in [-0.15, -0.1) is 0 Å². The highest BCUT2D eigenvalue weighted by Gasteiger charge is 2.21. The van der Waals surface area contributed by atoms with Crippen molar-refractivity contribution in [2.45, 2.75) is 19.3 Å². The summed E-state index contributed by atoms with van der Waals surface area (Å²) < 4.78 is 0. The first kappa shape index (κ1) is 17.0. The molecule has 1 aromatic heterocycles. The number of benzene rings is 2. The average Bonchev–Trinajstić information content (AvgIpc) is 3.36. The van der Waals surface area contributed by atoms with Gasteiger partial charge in [0.2, 0.25) is 11.8 Å². The number of aromatic nitrogens is 2. The van der Waals surface area contributed by atoms with Crippen molar-refractivity contribution in [2.24, 2.45) is 5.10 Å². The number of nitrogens with zero attached hydrogens (tertiary/aromatic N) is 3. The fourth-order valence-electron chi connectivity index (χ4n) is 3.06. The molecule has 4 rings (SSSR count). The lowest BCUT2D eigenvalue weighted by atomic mass is 10.1. The number of anilines is 1. The molecule has 0 saturated heterocycles. The van der Waals surface area contributed by atoms with Crippen LogP contribution in [0.3, 0.4) is 0 Å². The fraction of sp³-hybridized carbons (Fsp3) is 0.200. The van der Waals surface area contributed by atoms with Gasteiger partial charge in [0.15, 0.2) is 0 Å². The Morgan fingerprint density at radius 1 is 1.11 bits per heavy atom. The van der Waals surface area contributed by atoms with Crippen LogP contribution in [0.25, 0.3) is 10.9 Å². The molecule has 0 saturated carbocycles. The number of carbonyl (C=O) groups is 2. The van der Waals surface area contributed by atoms with Crippen molar-refractivity contribution in [1.82, 2.24) is 15.2 Å². The summed E-state index contributed by atoms with van der Waals surface area (Å²) in [5.74, 6) is -0.334. The molecule has 3 aromatic rings. The number of fused-ring (bicyclic) bond motifs is 1. The van der Waals surface area contributed by atoms with Crippen LogP contribution in [-0.2, 0) is 9.59 Å². The standard InChI is InChI=1S/C20H19N5O2/c26-19(22-16-6-7-17-15(12-16)13-21-23-17)8-9-20(27)25-11-10-18(24-25)14-4-2-1-3-5-14/h1-7,12-13H,8-11H2,(H,21,23)(H,22,26). The number of hydrogen-bond acceptors (Lipinski definition) is 4. The second-order valence-electron chi connectivity index (χ2n) is 6.40. The highest BCUT2D eigenvalue weighted by molar-refractivity contribution is 6.03. The van der Waals surface area contributed by atoms with Crippen LogP contribution in [-0.4, -0.2) is 39.3 Å². The van der Waals surface area contributed by atoms with Crippen LogP contribution in [0.5, 0.6) is 0 Å². The summed E-state index contributed by atoms with van der Waals surface area (Å²) in [6, 6.07) is 15.3. The van der Waals surface area contributed by atoms with E-state index in [0.717, 1.165) is 28.6 Å². The molecular weight excluding hydrogens is 342 g/mol. The molecule has 0 bridgehead atoms. The van der Waals surface area contributed by atoms with Gasteiger partial charge in [0.25, 0.3) is 0 Å². The molecule has 7 nitrogen and oxygen atoms in total. The minimum atomic E-state index is -0.197.